The van der Waals surface area contributed by atoms with Crippen molar-refractivity contribution >= 4 is 0 Å². The predicted molar refractivity (Wildman–Crippen MR) is 91.4 cm³/mol. The van der Waals surface area contributed by atoms with Gasteiger partial charge in [0, 0.05) is 12.6 Å². The quantitative estimate of drug-likeness (QED) is 0.525. The molecule has 0 bridgehead atoms. The molecule has 1 N–H and O–H groups in total. The van der Waals surface area contributed by atoms with Crippen molar-refractivity contribution in [1.29, 1.82) is 0 Å². The number of hydrogen-bond acceptors (Lipinski definition) is 3. The standard InChI is InChI=1S/C17H39N3/c1-7-20(17(4)15-19(5)6)13-11-9-8-10-12-18-14-16(2)3/h16-18H,7-15H2,1-6H3. The molecule has 0 aliphatic heterocycles. The van der Waals surface area contributed by atoms with Crippen molar-refractivity contribution in [3.05, 3.63) is 0 Å². The average molecular weight is 286 g/mol. The van der Waals surface area contributed by atoms with Gasteiger partial charge in [0.15, 0.2) is 0 Å². The Labute approximate surface area is 128 Å². The van der Waals surface area contributed by atoms with Crippen LogP contribution in [0.1, 0.15) is 53.4 Å². The van der Waals surface area contributed by atoms with Crippen LogP contribution in [0.3, 0.4) is 0 Å². The van der Waals surface area contributed by atoms with E-state index in [4.69, 9.17) is 0 Å². The van der Waals surface area contributed by atoms with Gasteiger partial charge in [-0.3, -0.25) is 4.90 Å². The Morgan fingerprint density at radius 1 is 0.950 bits per heavy atom. The van der Waals surface area contributed by atoms with E-state index in [0.717, 1.165) is 19.0 Å². The van der Waals surface area contributed by atoms with Gasteiger partial charge < -0.3 is 10.2 Å². The van der Waals surface area contributed by atoms with E-state index in [1.807, 2.05) is 0 Å². The Hall–Kier alpha value is -0.120. The molecule has 1 unspecified atom stereocenters. The number of nitrogens with zero attached hydrogens (tertiary/aromatic N) is 2. The molecule has 3 heteroatoms. The van der Waals surface area contributed by atoms with Crippen LogP contribution >= 0.6 is 0 Å². The maximum atomic E-state index is 3.52. The first-order valence-corrected chi connectivity index (χ1v) is 8.56. The molecule has 20 heavy (non-hydrogen) atoms. The second kappa shape index (κ2) is 12.6. The van der Waals surface area contributed by atoms with Gasteiger partial charge in [0.05, 0.1) is 0 Å². The maximum Gasteiger partial charge on any atom is 0.0194 e. The zero-order chi connectivity index (χ0) is 15.4. The van der Waals surface area contributed by atoms with Gasteiger partial charge in [0.1, 0.15) is 0 Å². The molecule has 0 spiro atoms. The largest absolute Gasteiger partial charge is 0.316 e. The lowest BCUT2D eigenvalue weighted by Crippen LogP contribution is -2.40. The summed E-state index contributed by atoms with van der Waals surface area (Å²) in [6.07, 6.45) is 5.40. The zero-order valence-electron chi connectivity index (χ0n) is 14.9. The van der Waals surface area contributed by atoms with Crippen molar-refractivity contribution in [3.8, 4) is 0 Å². The van der Waals surface area contributed by atoms with E-state index >= 15 is 0 Å². The molecule has 0 saturated heterocycles. The summed E-state index contributed by atoms with van der Waals surface area (Å²) in [5.41, 5.74) is 0. The minimum Gasteiger partial charge on any atom is -0.316 e. The highest BCUT2D eigenvalue weighted by Gasteiger charge is 2.11. The zero-order valence-corrected chi connectivity index (χ0v) is 14.9. The van der Waals surface area contributed by atoms with Crippen molar-refractivity contribution in [2.45, 2.75) is 59.4 Å². The fourth-order valence-corrected chi connectivity index (χ4v) is 2.64. The topological polar surface area (TPSA) is 18.5 Å². The van der Waals surface area contributed by atoms with Crippen LogP contribution in [0.15, 0.2) is 0 Å². The molecule has 0 heterocycles. The average Bonchev–Trinajstić information content (AvgIpc) is 2.35. The number of likely N-dealkylation sites (N-methyl/N-ethyl adjacent to an activating group) is 2. The summed E-state index contributed by atoms with van der Waals surface area (Å²) in [5.74, 6) is 0.770. The third kappa shape index (κ3) is 11.7. The summed E-state index contributed by atoms with van der Waals surface area (Å²) in [7, 11) is 4.32. The van der Waals surface area contributed by atoms with Crippen molar-refractivity contribution in [2.75, 3.05) is 46.8 Å². The minimum absolute atomic E-state index is 0.669. The minimum atomic E-state index is 0.669. The first-order valence-electron chi connectivity index (χ1n) is 8.56. The molecule has 0 aliphatic carbocycles. The fraction of sp³-hybridized carbons (Fsp3) is 1.00. The number of rotatable bonds is 13. The molecule has 0 saturated carbocycles. The Morgan fingerprint density at radius 3 is 2.15 bits per heavy atom. The second-order valence-corrected chi connectivity index (χ2v) is 6.75. The molecular formula is C17H39N3. The molecule has 0 aromatic carbocycles. The third-order valence-electron chi connectivity index (χ3n) is 3.76. The second-order valence-electron chi connectivity index (χ2n) is 6.75. The monoisotopic (exact) mass is 285 g/mol. The van der Waals surface area contributed by atoms with E-state index in [1.54, 1.807) is 0 Å². The van der Waals surface area contributed by atoms with Crippen LogP contribution in [0.5, 0.6) is 0 Å². The van der Waals surface area contributed by atoms with E-state index in [-0.39, 0.29) is 0 Å². The molecular weight excluding hydrogens is 246 g/mol. The highest BCUT2D eigenvalue weighted by atomic mass is 15.2. The van der Waals surface area contributed by atoms with Crippen molar-refractivity contribution in [1.82, 2.24) is 15.1 Å². The highest BCUT2D eigenvalue weighted by molar-refractivity contribution is 4.68. The van der Waals surface area contributed by atoms with Crippen LogP contribution in [0.4, 0.5) is 0 Å². The van der Waals surface area contributed by atoms with Gasteiger partial charge in [-0.15, -0.1) is 0 Å². The molecule has 122 valence electrons. The molecule has 0 aromatic rings. The molecule has 3 nitrogen and oxygen atoms in total. The lowest BCUT2D eigenvalue weighted by molar-refractivity contribution is 0.178. The molecule has 0 aliphatic rings. The Morgan fingerprint density at radius 2 is 1.60 bits per heavy atom. The van der Waals surface area contributed by atoms with E-state index in [0.29, 0.717) is 6.04 Å². The molecule has 0 aromatic heterocycles. The van der Waals surface area contributed by atoms with Crippen molar-refractivity contribution in [2.24, 2.45) is 5.92 Å². The lowest BCUT2D eigenvalue weighted by atomic mass is 10.1. The summed E-state index contributed by atoms with van der Waals surface area (Å²) in [5, 5.41) is 3.52. The van der Waals surface area contributed by atoms with Crippen molar-refractivity contribution in [3.63, 3.8) is 0 Å². The van der Waals surface area contributed by atoms with Gasteiger partial charge in [-0.1, -0.05) is 33.6 Å². The third-order valence-corrected chi connectivity index (χ3v) is 3.76. The lowest BCUT2D eigenvalue weighted by Gasteiger charge is -2.29. The Kier molecular flexibility index (Phi) is 12.5. The van der Waals surface area contributed by atoms with Crippen LogP contribution < -0.4 is 5.32 Å². The molecule has 0 amide bonds. The first-order chi connectivity index (χ1) is 9.47. The Balaban J connectivity index is 3.51. The van der Waals surface area contributed by atoms with E-state index in [1.165, 1.54) is 45.3 Å². The van der Waals surface area contributed by atoms with Gasteiger partial charge >= 0.3 is 0 Å². The summed E-state index contributed by atoms with van der Waals surface area (Å²) in [6, 6.07) is 0.669. The molecule has 0 rings (SSSR count). The smallest absolute Gasteiger partial charge is 0.0194 e. The molecule has 0 radical (unpaired) electrons. The van der Waals surface area contributed by atoms with Crippen LogP contribution in [0.25, 0.3) is 0 Å². The number of hydrogen-bond donors (Lipinski definition) is 1. The molecule has 0 fully saturated rings. The Bertz CT molecular complexity index is 204. The van der Waals surface area contributed by atoms with Gasteiger partial charge in [0.25, 0.3) is 0 Å². The van der Waals surface area contributed by atoms with E-state index in [9.17, 15) is 0 Å². The number of unbranched alkanes of at least 4 members (excludes halogenated alkanes) is 3. The predicted octanol–water partition coefficient (Wildman–Crippen LogP) is 3.06. The van der Waals surface area contributed by atoms with Gasteiger partial charge in [-0.2, -0.15) is 0 Å². The highest BCUT2D eigenvalue weighted by Crippen LogP contribution is 2.05. The van der Waals surface area contributed by atoms with Crippen molar-refractivity contribution < 1.29 is 0 Å². The van der Waals surface area contributed by atoms with Crippen LogP contribution in [0, 0.1) is 5.92 Å². The molecule has 1 atom stereocenters. The van der Waals surface area contributed by atoms with Gasteiger partial charge in [-0.05, 0) is 66.0 Å². The van der Waals surface area contributed by atoms with Gasteiger partial charge in [-0.25, -0.2) is 0 Å². The van der Waals surface area contributed by atoms with Crippen LogP contribution in [-0.4, -0.2) is 62.7 Å². The number of nitrogens with one attached hydrogen (secondary N) is 1. The summed E-state index contributed by atoms with van der Waals surface area (Å²) < 4.78 is 0. The maximum absolute atomic E-state index is 3.52. The van der Waals surface area contributed by atoms with Gasteiger partial charge in [0.2, 0.25) is 0 Å². The summed E-state index contributed by atoms with van der Waals surface area (Å²) in [4.78, 5) is 4.89. The summed E-state index contributed by atoms with van der Waals surface area (Å²) in [6.45, 7) is 15.1. The van der Waals surface area contributed by atoms with Crippen LogP contribution in [0.2, 0.25) is 0 Å². The van der Waals surface area contributed by atoms with E-state index < -0.39 is 0 Å². The fourth-order valence-electron chi connectivity index (χ4n) is 2.64. The van der Waals surface area contributed by atoms with Crippen LogP contribution in [-0.2, 0) is 0 Å². The first kappa shape index (κ1) is 19.9. The SMILES string of the molecule is CCN(CCCCCCNCC(C)C)C(C)CN(C)C. The van der Waals surface area contributed by atoms with E-state index in [2.05, 4.69) is 56.9 Å². The summed E-state index contributed by atoms with van der Waals surface area (Å²) >= 11 is 0. The normalized spacial score (nSPS) is 13.7.